The minimum absolute atomic E-state index is 0.136. The van der Waals surface area contributed by atoms with Crippen LogP contribution in [0.4, 0.5) is 5.69 Å². The van der Waals surface area contributed by atoms with Crippen LogP contribution in [-0.4, -0.2) is 32.2 Å². The van der Waals surface area contributed by atoms with E-state index in [1.165, 1.54) is 17.1 Å². The largest absolute Gasteiger partial charge is 0.322 e. The summed E-state index contributed by atoms with van der Waals surface area (Å²) in [4.78, 5) is 17.5. The molecule has 1 aliphatic rings. The molecule has 0 saturated carbocycles. The number of hydrogen-bond acceptors (Lipinski definition) is 5. The molecule has 3 heterocycles. The molecule has 1 aromatic carbocycles. The van der Waals surface area contributed by atoms with Gasteiger partial charge in [-0.1, -0.05) is 12.1 Å². The Balaban J connectivity index is 1.59. The molecule has 1 amide bonds. The maximum Gasteiger partial charge on any atom is 0.257 e. The summed E-state index contributed by atoms with van der Waals surface area (Å²) in [5, 5.41) is 8.31. The Labute approximate surface area is 167 Å². The number of rotatable bonds is 4. The normalized spacial score (nSPS) is 15.0. The summed E-state index contributed by atoms with van der Waals surface area (Å²) in [5.41, 5.74) is 4.18. The van der Waals surface area contributed by atoms with Gasteiger partial charge in [-0.2, -0.15) is 5.10 Å². The first-order chi connectivity index (χ1) is 13.0. The molecule has 5 nitrogen and oxygen atoms in total. The zero-order valence-corrected chi connectivity index (χ0v) is 17.2. The number of aromatic nitrogens is 3. The molecule has 0 spiro atoms. The summed E-state index contributed by atoms with van der Waals surface area (Å²) in [6.07, 6.45) is 1.77. The van der Waals surface area contributed by atoms with Crippen LogP contribution < -0.4 is 5.32 Å². The third-order valence-electron chi connectivity index (χ3n) is 4.53. The van der Waals surface area contributed by atoms with Gasteiger partial charge in [-0.15, -0.1) is 23.5 Å². The highest BCUT2D eigenvalue weighted by molar-refractivity contribution is 8.19. The van der Waals surface area contributed by atoms with Crippen molar-refractivity contribution in [1.29, 1.82) is 0 Å². The molecule has 4 rings (SSSR count). The fraction of sp³-hybridized carbons (Fsp3) is 0.350. The zero-order chi connectivity index (χ0) is 19.0. The number of hydrogen-bond donors (Lipinski definition) is 1. The second kappa shape index (κ2) is 7.56. The van der Waals surface area contributed by atoms with Crippen LogP contribution in [0.3, 0.4) is 0 Å². The van der Waals surface area contributed by atoms with E-state index in [1.54, 1.807) is 6.20 Å². The van der Waals surface area contributed by atoms with Crippen molar-refractivity contribution in [3.05, 3.63) is 53.3 Å². The summed E-state index contributed by atoms with van der Waals surface area (Å²) in [7, 11) is 0. The highest BCUT2D eigenvalue weighted by atomic mass is 32.2. The van der Waals surface area contributed by atoms with Crippen LogP contribution >= 0.6 is 23.5 Å². The van der Waals surface area contributed by atoms with Crippen LogP contribution in [0.25, 0.3) is 11.0 Å². The number of thioether (sulfide) groups is 2. The number of pyridine rings is 1. The number of amides is 1. The lowest BCUT2D eigenvalue weighted by Gasteiger charge is -2.12. The Morgan fingerprint density at radius 3 is 2.78 bits per heavy atom. The van der Waals surface area contributed by atoms with Gasteiger partial charge in [0.05, 0.1) is 22.0 Å². The molecule has 27 heavy (non-hydrogen) atoms. The first-order valence-electron chi connectivity index (χ1n) is 9.02. The summed E-state index contributed by atoms with van der Waals surface area (Å²) in [6.45, 7) is 6.00. The second-order valence-electron chi connectivity index (χ2n) is 6.87. The van der Waals surface area contributed by atoms with E-state index < -0.39 is 0 Å². The van der Waals surface area contributed by atoms with Crippen molar-refractivity contribution in [1.82, 2.24) is 14.8 Å². The van der Waals surface area contributed by atoms with Crippen molar-refractivity contribution in [2.45, 2.75) is 31.4 Å². The molecule has 1 saturated heterocycles. The van der Waals surface area contributed by atoms with Gasteiger partial charge in [0, 0.05) is 28.6 Å². The Kier molecular flexibility index (Phi) is 5.14. The number of benzene rings is 1. The molecule has 140 valence electrons. The topological polar surface area (TPSA) is 59.8 Å². The molecule has 7 heteroatoms. The van der Waals surface area contributed by atoms with E-state index in [2.05, 4.69) is 41.4 Å². The predicted molar refractivity (Wildman–Crippen MR) is 115 cm³/mol. The van der Waals surface area contributed by atoms with E-state index in [-0.39, 0.29) is 11.9 Å². The summed E-state index contributed by atoms with van der Waals surface area (Å²) in [6, 6.07) is 10.3. The lowest BCUT2D eigenvalue weighted by Crippen LogP contribution is -2.15. The monoisotopic (exact) mass is 398 g/mol. The van der Waals surface area contributed by atoms with Gasteiger partial charge in [0.25, 0.3) is 5.91 Å². The third-order valence-corrected chi connectivity index (χ3v) is 7.64. The highest BCUT2D eigenvalue weighted by Crippen LogP contribution is 2.45. The Morgan fingerprint density at radius 2 is 2.04 bits per heavy atom. The molecule has 1 N–H and O–H groups in total. The van der Waals surface area contributed by atoms with E-state index >= 15 is 0 Å². The lowest BCUT2D eigenvalue weighted by atomic mass is 10.1. The van der Waals surface area contributed by atoms with Gasteiger partial charge in [-0.3, -0.25) is 4.79 Å². The van der Waals surface area contributed by atoms with Gasteiger partial charge < -0.3 is 5.32 Å². The van der Waals surface area contributed by atoms with Crippen molar-refractivity contribution in [2.24, 2.45) is 0 Å². The number of carbonyl (C=O) groups excluding carboxylic acids is 1. The van der Waals surface area contributed by atoms with Crippen molar-refractivity contribution in [2.75, 3.05) is 16.8 Å². The standard InChI is InChI=1S/C20H22N4OS2/c1-12(2)24-18-15(11-21-24)10-17(13(3)22-18)19(25)23-16-6-4-5-14(9-16)20-26-7-8-27-20/h4-6,9-12,20H,7-8H2,1-3H3,(H,23,25). The molecule has 0 aliphatic carbocycles. The van der Waals surface area contributed by atoms with Crippen LogP contribution in [0.15, 0.2) is 36.5 Å². The molecule has 0 unspecified atom stereocenters. The SMILES string of the molecule is Cc1nc2c(cnn2C(C)C)cc1C(=O)Nc1cccc(C2SCCS2)c1. The summed E-state index contributed by atoms with van der Waals surface area (Å²) < 4.78 is 2.34. The lowest BCUT2D eigenvalue weighted by molar-refractivity contribution is 0.102. The highest BCUT2D eigenvalue weighted by Gasteiger charge is 2.19. The molecule has 0 bridgehead atoms. The first kappa shape index (κ1) is 18.4. The smallest absolute Gasteiger partial charge is 0.257 e. The van der Waals surface area contributed by atoms with Crippen molar-refractivity contribution < 1.29 is 4.79 Å². The van der Waals surface area contributed by atoms with Crippen LogP contribution in [-0.2, 0) is 0 Å². The molecule has 3 aromatic rings. The zero-order valence-electron chi connectivity index (χ0n) is 15.6. The summed E-state index contributed by atoms with van der Waals surface area (Å²) >= 11 is 3.92. The average Bonchev–Trinajstić information content (AvgIpc) is 3.31. The van der Waals surface area contributed by atoms with E-state index in [4.69, 9.17) is 0 Å². The number of anilines is 1. The van der Waals surface area contributed by atoms with E-state index in [0.29, 0.717) is 15.8 Å². The fourth-order valence-electron chi connectivity index (χ4n) is 3.19. The van der Waals surface area contributed by atoms with Crippen molar-refractivity contribution in [3.63, 3.8) is 0 Å². The number of aryl methyl sites for hydroxylation is 1. The van der Waals surface area contributed by atoms with Gasteiger partial charge in [-0.05, 0) is 44.5 Å². The maximum absolute atomic E-state index is 12.9. The third kappa shape index (κ3) is 3.71. The molecule has 1 fully saturated rings. The molecule has 0 radical (unpaired) electrons. The first-order valence-corrected chi connectivity index (χ1v) is 11.1. The van der Waals surface area contributed by atoms with Gasteiger partial charge >= 0.3 is 0 Å². The fourth-order valence-corrected chi connectivity index (χ4v) is 6.02. The van der Waals surface area contributed by atoms with E-state index in [9.17, 15) is 4.79 Å². The Hall–Kier alpha value is -1.99. The number of carbonyl (C=O) groups is 1. The van der Waals surface area contributed by atoms with Crippen molar-refractivity contribution in [3.8, 4) is 0 Å². The minimum Gasteiger partial charge on any atom is -0.322 e. The van der Waals surface area contributed by atoms with Gasteiger partial charge in [0.15, 0.2) is 5.65 Å². The van der Waals surface area contributed by atoms with Crippen LogP contribution in [0.1, 0.15) is 46.1 Å². The van der Waals surface area contributed by atoms with Gasteiger partial charge in [-0.25, -0.2) is 9.67 Å². The molecular weight excluding hydrogens is 376 g/mol. The molecule has 1 aliphatic heterocycles. The van der Waals surface area contributed by atoms with E-state index in [0.717, 1.165) is 16.7 Å². The molecular formula is C20H22N4OS2. The maximum atomic E-state index is 12.9. The number of nitrogens with one attached hydrogen (secondary N) is 1. The predicted octanol–water partition coefficient (Wildman–Crippen LogP) is 5.05. The summed E-state index contributed by atoms with van der Waals surface area (Å²) in [5.74, 6) is 2.23. The number of fused-ring (bicyclic) bond motifs is 1. The van der Waals surface area contributed by atoms with E-state index in [1.807, 2.05) is 53.3 Å². The Morgan fingerprint density at radius 1 is 1.26 bits per heavy atom. The van der Waals surface area contributed by atoms with Crippen LogP contribution in [0, 0.1) is 6.92 Å². The Bertz CT molecular complexity index is 993. The minimum atomic E-state index is -0.136. The van der Waals surface area contributed by atoms with Gasteiger partial charge in [0.2, 0.25) is 0 Å². The quantitative estimate of drug-likeness (QED) is 0.666. The van der Waals surface area contributed by atoms with Crippen LogP contribution in [0.5, 0.6) is 0 Å². The van der Waals surface area contributed by atoms with Crippen molar-refractivity contribution >= 4 is 46.2 Å². The van der Waals surface area contributed by atoms with Gasteiger partial charge in [0.1, 0.15) is 0 Å². The molecule has 0 atom stereocenters. The second-order valence-corrected chi connectivity index (χ2v) is 9.59. The van der Waals surface area contributed by atoms with Crippen LogP contribution in [0.2, 0.25) is 0 Å². The molecule has 2 aromatic heterocycles. The average molecular weight is 399 g/mol. The number of nitrogens with zero attached hydrogens (tertiary/aromatic N) is 3.